The van der Waals surface area contributed by atoms with Gasteiger partial charge in [0.05, 0.1) is 11.3 Å². The number of hydrogen-bond acceptors (Lipinski definition) is 4. The van der Waals surface area contributed by atoms with Gasteiger partial charge in [0.1, 0.15) is 0 Å². The van der Waals surface area contributed by atoms with Gasteiger partial charge in [-0.2, -0.15) is 0 Å². The molecule has 3 rings (SSSR count). The van der Waals surface area contributed by atoms with E-state index in [9.17, 15) is 9.90 Å². The SMILES string of the molecule is O=C(CC1(O)CCN(Cc2ccccn2)CC1)c1ccccc1. The van der Waals surface area contributed by atoms with Crippen molar-refractivity contribution in [2.45, 2.75) is 31.4 Å². The molecule has 23 heavy (non-hydrogen) atoms. The minimum Gasteiger partial charge on any atom is -0.389 e. The fourth-order valence-corrected chi connectivity index (χ4v) is 3.05. The molecule has 1 aromatic heterocycles. The summed E-state index contributed by atoms with van der Waals surface area (Å²) in [5.74, 6) is 0.0197. The number of aliphatic hydroxyl groups is 1. The molecule has 1 aromatic carbocycles. The van der Waals surface area contributed by atoms with Crippen molar-refractivity contribution in [3.63, 3.8) is 0 Å². The van der Waals surface area contributed by atoms with Crippen molar-refractivity contribution in [3.05, 3.63) is 66.0 Å². The van der Waals surface area contributed by atoms with Crippen LogP contribution in [-0.4, -0.2) is 39.5 Å². The van der Waals surface area contributed by atoms with E-state index in [2.05, 4.69) is 9.88 Å². The predicted molar refractivity (Wildman–Crippen MR) is 89.1 cm³/mol. The highest BCUT2D eigenvalue weighted by atomic mass is 16.3. The van der Waals surface area contributed by atoms with Gasteiger partial charge in [-0.25, -0.2) is 0 Å². The number of hydrogen-bond donors (Lipinski definition) is 1. The fourth-order valence-electron chi connectivity index (χ4n) is 3.05. The number of benzene rings is 1. The normalized spacial score (nSPS) is 17.8. The maximum absolute atomic E-state index is 12.3. The Kier molecular flexibility index (Phi) is 4.84. The van der Waals surface area contributed by atoms with Crippen molar-refractivity contribution in [2.24, 2.45) is 0 Å². The second kappa shape index (κ2) is 7.02. The Morgan fingerprint density at radius 1 is 1.09 bits per heavy atom. The summed E-state index contributed by atoms with van der Waals surface area (Å²) in [6.45, 7) is 2.37. The summed E-state index contributed by atoms with van der Waals surface area (Å²) in [5.41, 5.74) is 0.836. The molecule has 0 radical (unpaired) electrons. The molecule has 2 heterocycles. The second-order valence-corrected chi connectivity index (χ2v) is 6.29. The summed E-state index contributed by atoms with van der Waals surface area (Å²) in [6.07, 6.45) is 3.25. The number of carbonyl (C=O) groups excluding carboxylic acids is 1. The molecule has 1 saturated heterocycles. The van der Waals surface area contributed by atoms with Crippen molar-refractivity contribution < 1.29 is 9.90 Å². The lowest BCUT2D eigenvalue weighted by Crippen LogP contribution is -2.45. The minimum absolute atomic E-state index is 0.0197. The van der Waals surface area contributed by atoms with E-state index in [0.717, 1.165) is 25.3 Å². The van der Waals surface area contributed by atoms with Gasteiger partial charge < -0.3 is 5.11 Å². The Morgan fingerprint density at radius 3 is 2.43 bits per heavy atom. The summed E-state index contributed by atoms with van der Waals surface area (Å²) in [4.78, 5) is 18.9. The third-order valence-electron chi connectivity index (χ3n) is 4.48. The third kappa shape index (κ3) is 4.24. The van der Waals surface area contributed by atoms with Crippen LogP contribution in [0.4, 0.5) is 0 Å². The third-order valence-corrected chi connectivity index (χ3v) is 4.48. The quantitative estimate of drug-likeness (QED) is 0.863. The number of pyridine rings is 1. The van der Waals surface area contributed by atoms with Gasteiger partial charge in [-0.3, -0.25) is 14.7 Å². The van der Waals surface area contributed by atoms with Crippen LogP contribution < -0.4 is 0 Å². The van der Waals surface area contributed by atoms with Crippen molar-refractivity contribution >= 4 is 5.78 Å². The van der Waals surface area contributed by atoms with E-state index in [1.807, 2.05) is 48.5 Å². The zero-order valence-corrected chi connectivity index (χ0v) is 13.2. The number of nitrogens with zero attached hydrogens (tertiary/aromatic N) is 2. The van der Waals surface area contributed by atoms with E-state index in [1.165, 1.54) is 0 Å². The summed E-state index contributed by atoms with van der Waals surface area (Å²) in [5, 5.41) is 10.7. The Hall–Kier alpha value is -2.04. The van der Waals surface area contributed by atoms with Crippen LogP contribution in [0, 0.1) is 0 Å². The van der Waals surface area contributed by atoms with E-state index in [-0.39, 0.29) is 12.2 Å². The van der Waals surface area contributed by atoms with Crippen molar-refractivity contribution in [1.82, 2.24) is 9.88 Å². The van der Waals surface area contributed by atoms with Gasteiger partial charge in [-0.1, -0.05) is 36.4 Å². The van der Waals surface area contributed by atoms with E-state index in [0.29, 0.717) is 18.4 Å². The highest BCUT2D eigenvalue weighted by molar-refractivity contribution is 5.96. The van der Waals surface area contributed by atoms with Gasteiger partial charge in [0, 0.05) is 37.8 Å². The number of rotatable bonds is 5. The molecule has 0 spiro atoms. The number of likely N-dealkylation sites (tertiary alicyclic amines) is 1. The Balaban J connectivity index is 1.54. The summed E-state index contributed by atoms with van der Waals surface area (Å²) in [6, 6.07) is 15.1. The van der Waals surface area contributed by atoms with Gasteiger partial charge in [0.15, 0.2) is 5.78 Å². The minimum atomic E-state index is -0.881. The highest BCUT2D eigenvalue weighted by Gasteiger charge is 2.34. The molecule has 0 atom stereocenters. The molecule has 0 saturated carbocycles. The number of carbonyl (C=O) groups is 1. The molecule has 0 aliphatic carbocycles. The maximum atomic E-state index is 12.3. The Morgan fingerprint density at radius 2 is 1.78 bits per heavy atom. The van der Waals surface area contributed by atoms with Crippen molar-refractivity contribution in [3.8, 4) is 0 Å². The molecule has 2 aromatic rings. The van der Waals surface area contributed by atoms with Crippen LogP contribution in [0.3, 0.4) is 0 Å². The summed E-state index contributed by atoms with van der Waals surface area (Å²) < 4.78 is 0. The first kappa shape index (κ1) is 15.8. The molecule has 4 heteroatoms. The van der Waals surface area contributed by atoms with Gasteiger partial charge in [-0.05, 0) is 25.0 Å². The lowest BCUT2D eigenvalue weighted by atomic mass is 9.85. The van der Waals surface area contributed by atoms with Crippen LogP contribution in [0.15, 0.2) is 54.7 Å². The van der Waals surface area contributed by atoms with Crippen LogP contribution >= 0.6 is 0 Å². The number of ketones is 1. The van der Waals surface area contributed by atoms with Gasteiger partial charge in [-0.15, -0.1) is 0 Å². The van der Waals surface area contributed by atoms with Crippen LogP contribution in [0.1, 0.15) is 35.3 Å². The number of aromatic nitrogens is 1. The molecule has 1 N–H and O–H groups in total. The molecule has 1 aliphatic heterocycles. The Labute approximate surface area is 136 Å². The van der Waals surface area contributed by atoms with E-state index in [4.69, 9.17) is 0 Å². The first-order valence-corrected chi connectivity index (χ1v) is 8.08. The summed E-state index contributed by atoms with van der Waals surface area (Å²) in [7, 11) is 0. The van der Waals surface area contributed by atoms with Crippen LogP contribution in [0.25, 0.3) is 0 Å². The molecule has 4 nitrogen and oxygen atoms in total. The topological polar surface area (TPSA) is 53.4 Å². The Bertz CT molecular complexity index is 635. The lowest BCUT2D eigenvalue weighted by Gasteiger charge is -2.37. The molecular weight excluding hydrogens is 288 g/mol. The first-order chi connectivity index (χ1) is 11.1. The molecule has 1 fully saturated rings. The number of Topliss-reactive ketones (excluding diaryl/α,β-unsaturated/α-hetero) is 1. The fraction of sp³-hybridized carbons (Fsp3) is 0.368. The van der Waals surface area contributed by atoms with Gasteiger partial charge in [0.25, 0.3) is 0 Å². The zero-order chi connectivity index (χ0) is 16.1. The maximum Gasteiger partial charge on any atom is 0.165 e. The zero-order valence-electron chi connectivity index (χ0n) is 13.2. The first-order valence-electron chi connectivity index (χ1n) is 8.08. The van der Waals surface area contributed by atoms with E-state index >= 15 is 0 Å². The average molecular weight is 310 g/mol. The van der Waals surface area contributed by atoms with Gasteiger partial charge in [0.2, 0.25) is 0 Å². The predicted octanol–water partition coefficient (Wildman–Crippen LogP) is 2.68. The lowest BCUT2D eigenvalue weighted by molar-refractivity contribution is -0.0243. The van der Waals surface area contributed by atoms with E-state index in [1.54, 1.807) is 6.20 Å². The summed E-state index contributed by atoms with van der Waals surface area (Å²) >= 11 is 0. The van der Waals surface area contributed by atoms with Crippen molar-refractivity contribution in [2.75, 3.05) is 13.1 Å². The molecule has 1 aliphatic rings. The molecule has 0 unspecified atom stereocenters. The average Bonchev–Trinajstić information content (AvgIpc) is 2.59. The van der Waals surface area contributed by atoms with Crippen LogP contribution in [0.2, 0.25) is 0 Å². The molecule has 0 bridgehead atoms. The van der Waals surface area contributed by atoms with Crippen molar-refractivity contribution in [1.29, 1.82) is 0 Å². The standard InChI is InChI=1S/C19H22N2O2/c22-18(16-6-2-1-3-7-16)14-19(23)9-12-21(13-10-19)15-17-8-4-5-11-20-17/h1-8,11,23H,9-10,12-15H2. The molecule has 0 amide bonds. The largest absolute Gasteiger partial charge is 0.389 e. The highest BCUT2D eigenvalue weighted by Crippen LogP contribution is 2.27. The van der Waals surface area contributed by atoms with Crippen LogP contribution in [0.5, 0.6) is 0 Å². The molecular formula is C19H22N2O2. The smallest absolute Gasteiger partial charge is 0.165 e. The molecule has 120 valence electrons. The van der Waals surface area contributed by atoms with Crippen LogP contribution in [-0.2, 0) is 6.54 Å². The second-order valence-electron chi connectivity index (χ2n) is 6.29. The monoisotopic (exact) mass is 310 g/mol. The number of piperidine rings is 1. The van der Waals surface area contributed by atoms with Gasteiger partial charge >= 0.3 is 0 Å². The van der Waals surface area contributed by atoms with E-state index < -0.39 is 5.60 Å².